The highest BCUT2D eigenvalue weighted by Gasteiger charge is 1.23. The van der Waals surface area contributed by atoms with Crippen LogP contribution in [0.4, 0.5) is 0 Å². The molecule has 4 N–H and O–H groups in total. The largest absolute Gasteiger partial charge is 0.358 e. The van der Waals surface area contributed by atoms with Gasteiger partial charge in [0.15, 0.2) is 0 Å². The van der Waals surface area contributed by atoms with Crippen LogP contribution < -0.4 is 11.5 Å². The molecule has 0 bridgehead atoms. The normalized spacial score (nSPS) is 2.40. The maximum atomic E-state index is 4.54. The molecule has 5 heavy (non-hydrogen) atoms. The number of rotatable bonds is 0. The van der Waals surface area contributed by atoms with Crippen LogP contribution in [0.15, 0.2) is 0 Å². The van der Waals surface area contributed by atoms with Gasteiger partial charge in [0.1, 0.15) is 0 Å². The Morgan fingerprint density at radius 1 is 1.00 bits per heavy atom. The molecule has 0 amide bonds. The van der Waals surface area contributed by atoms with Gasteiger partial charge < -0.3 is 11.5 Å². The van der Waals surface area contributed by atoms with Crippen LogP contribution in [0, 0.1) is 12.1 Å². The lowest BCUT2D eigenvalue weighted by Gasteiger charge is -1.46. The molecule has 0 aromatic rings. The fraction of sp³-hybridized carbons (Fsp3) is 0. The lowest BCUT2D eigenvalue weighted by atomic mass is 11.1. The Morgan fingerprint density at radius 3 is 1.20 bits per heavy atom. The molecule has 0 rings (SSSR count). The van der Waals surface area contributed by atoms with Gasteiger partial charge >= 0.3 is 0 Å². The Morgan fingerprint density at radius 2 is 1.20 bits per heavy atom. The molecular weight excluding hydrogens is 87.5 g/mol. The lowest BCUT2D eigenvalue weighted by molar-refractivity contribution is 1.66. The molecule has 0 aliphatic rings. The van der Waals surface area contributed by atoms with Crippen LogP contribution in [-0.4, -0.2) is 0 Å². The maximum absolute atomic E-state index is 4.54. The van der Waals surface area contributed by atoms with Crippen molar-refractivity contribution in [2.45, 2.75) is 0 Å². The van der Waals surface area contributed by atoms with Crippen LogP contribution in [0.25, 0.3) is 0 Å². The van der Waals surface area contributed by atoms with Crippen molar-refractivity contribution >= 4 is 12.4 Å². The zero-order valence-electron chi connectivity index (χ0n) is 2.56. The summed E-state index contributed by atoms with van der Waals surface area (Å²) in [4.78, 5) is 0. The third kappa shape index (κ3) is 35.8. The summed E-state index contributed by atoms with van der Waals surface area (Å²) in [6.45, 7) is 0. The molecule has 0 fully saturated rings. The van der Waals surface area contributed by atoms with Crippen molar-refractivity contribution in [1.82, 2.24) is 0 Å². The molecule has 0 atom stereocenters. The molecule has 0 saturated carbocycles. The van der Waals surface area contributed by atoms with Crippen LogP contribution in [0.2, 0.25) is 0 Å². The summed E-state index contributed by atoms with van der Waals surface area (Å²) in [6.07, 6.45) is 0. The summed E-state index contributed by atoms with van der Waals surface area (Å²) in [6, 6.07) is 3.92. The van der Waals surface area contributed by atoms with Crippen molar-refractivity contribution < 1.29 is 0 Å². The van der Waals surface area contributed by atoms with Crippen LogP contribution >= 0.6 is 12.4 Å². The SMILES string of the molecule is Cl.NC#CN. The monoisotopic (exact) mass is 92.0 g/mol. The molecule has 0 unspecified atom stereocenters. The first-order valence-electron chi connectivity index (χ1n) is 0.827. The predicted molar refractivity (Wildman–Crippen MR) is 23.4 cm³/mol. The van der Waals surface area contributed by atoms with Crippen molar-refractivity contribution in [3.8, 4) is 12.1 Å². The second-order valence-electron chi connectivity index (χ2n) is 0.289. The van der Waals surface area contributed by atoms with E-state index in [2.05, 4.69) is 11.5 Å². The molecular formula is C2H5ClN2. The Kier molecular flexibility index (Phi) is 17.4. The first-order chi connectivity index (χ1) is 1.91. The maximum Gasteiger partial charge on any atom is 0.0246 e. The van der Waals surface area contributed by atoms with Gasteiger partial charge in [0.05, 0.1) is 0 Å². The molecule has 2 nitrogen and oxygen atoms in total. The first-order valence-corrected chi connectivity index (χ1v) is 0.827. The highest BCUT2D eigenvalue weighted by Crippen LogP contribution is 1.06. The summed E-state index contributed by atoms with van der Waals surface area (Å²) in [5.41, 5.74) is 9.08. The Labute approximate surface area is 36.9 Å². The molecule has 30 valence electrons. The standard InChI is InChI=1S/C2H4N2.ClH/c3-1-2-4;/h3-4H2;1H. The minimum Gasteiger partial charge on any atom is -0.358 e. The Bertz CT molecular complexity index is 44.4. The first kappa shape index (κ1) is 8.82. The van der Waals surface area contributed by atoms with Gasteiger partial charge in [-0.05, 0) is 0 Å². The van der Waals surface area contributed by atoms with Crippen molar-refractivity contribution in [3.63, 3.8) is 0 Å². The second kappa shape index (κ2) is 9.85. The van der Waals surface area contributed by atoms with Gasteiger partial charge in [-0.25, -0.2) is 0 Å². The van der Waals surface area contributed by atoms with E-state index in [-0.39, 0.29) is 12.4 Å². The van der Waals surface area contributed by atoms with E-state index in [0.29, 0.717) is 0 Å². The van der Waals surface area contributed by atoms with E-state index in [1.807, 2.05) is 12.1 Å². The highest BCUT2D eigenvalue weighted by atomic mass is 35.5. The lowest BCUT2D eigenvalue weighted by Crippen LogP contribution is -1.82. The minimum absolute atomic E-state index is 0. The molecule has 0 aliphatic heterocycles. The van der Waals surface area contributed by atoms with Crippen molar-refractivity contribution in [3.05, 3.63) is 0 Å². The fourth-order valence-corrected chi connectivity index (χ4v) is 0. The molecule has 0 heterocycles. The van der Waals surface area contributed by atoms with Gasteiger partial charge in [-0.2, -0.15) is 0 Å². The summed E-state index contributed by atoms with van der Waals surface area (Å²) >= 11 is 0. The molecule has 3 heteroatoms. The minimum atomic E-state index is 0. The number of hydrogen-bond donors (Lipinski definition) is 2. The Hall–Kier alpha value is -0.550. The quantitative estimate of drug-likeness (QED) is 0.305. The van der Waals surface area contributed by atoms with Crippen molar-refractivity contribution in [2.75, 3.05) is 0 Å². The van der Waals surface area contributed by atoms with E-state index in [4.69, 9.17) is 0 Å². The van der Waals surface area contributed by atoms with Gasteiger partial charge in [-0.1, -0.05) is 0 Å². The van der Waals surface area contributed by atoms with Gasteiger partial charge in [-0.15, -0.1) is 12.4 Å². The van der Waals surface area contributed by atoms with E-state index < -0.39 is 0 Å². The molecule has 0 saturated heterocycles. The summed E-state index contributed by atoms with van der Waals surface area (Å²) < 4.78 is 0. The fourth-order valence-electron chi connectivity index (χ4n) is 0. The van der Waals surface area contributed by atoms with Gasteiger partial charge in [0, 0.05) is 12.1 Å². The number of hydrogen-bond acceptors (Lipinski definition) is 2. The van der Waals surface area contributed by atoms with Crippen LogP contribution in [0.5, 0.6) is 0 Å². The molecule has 0 aromatic carbocycles. The zero-order valence-corrected chi connectivity index (χ0v) is 3.38. The highest BCUT2D eigenvalue weighted by molar-refractivity contribution is 5.85. The van der Waals surface area contributed by atoms with E-state index in [0.717, 1.165) is 0 Å². The van der Waals surface area contributed by atoms with E-state index >= 15 is 0 Å². The number of halogens is 1. The summed E-state index contributed by atoms with van der Waals surface area (Å²) in [5.74, 6) is 0. The van der Waals surface area contributed by atoms with Crippen LogP contribution in [0.3, 0.4) is 0 Å². The van der Waals surface area contributed by atoms with E-state index in [1.165, 1.54) is 0 Å². The third-order valence-electron chi connectivity index (χ3n) is 0.0833. The van der Waals surface area contributed by atoms with Gasteiger partial charge in [-0.3, -0.25) is 0 Å². The predicted octanol–water partition coefficient (Wildman–Crippen LogP) is -0.756. The van der Waals surface area contributed by atoms with E-state index in [1.54, 1.807) is 0 Å². The van der Waals surface area contributed by atoms with Crippen LogP contribution in [-0.2, 0) is 0 Å². The topological polar surface area (TPSA) is 52.0 Å². The van der Waals surface area contributed by atoms with Gasteiger partial charge in [0.25, 0.3) is 0 Å². The Balaban J connectivity index is 0. The molecule has 0 spiro atoms. The van der Waals surface area contributed by atoms with Crippen molar-refractivity contribution in [1.29, 1.82) is 0 Å². The van der Waals surface area contributed by atoms with Gasteiger partial charge in [0.2, 0.25) is 0 Å². The molecule has 0 aromatic heterocycles. The summed E-state index contributed by atoms with van der Waals surface area (Å²) in [7, 11) is 0. The molecule has 0 aliphatic carbocycles. The van der Waals surface area contributed by atoms with E-state index in [9.17, 15) is 0 Å². The van der Waals surface area contributed by atoms with Crippen molar-refractivity contribution in [2.24, 2.45) is 11.5 Å². The zero-order chi connectivity index (χ0) is 3.41. The average Bonchev–Trinajstić information content (AvgIpc) is 1.37. The second-order valence-corrected chi connectivity index (χ2v) is 0.289. The summed E-state index contributed by atoms with van der Waals surface area (Å²) in [5, 5.41) is 0. The third-order valence-corrected chi connectivity index (χ3v) is 0.0833. The van der Waals surface area contributed by atoms with Crippen LogP contribution in [0.1, 0.15) is 0 Å². The number of nitrogens with two attached hydrogens (primary N) is 2. The molecule has 0 radical (unpaired) electrons. The average molecular weight is 92.5 g/mol. The smallest absolute Gasteiger partial charge is 0.0246 e.